The summed E-state index contributed by atoms with van der Waals surface area (Å²) in [5.74, 6) is -0.292. The maximum Gasteiger partial charge on any atom is 0.417 e. The van der Waals surface area contributed by atoms with E-state index in [0.29, 0.717) is 39.5 Å². The molecule has 7 nitrogen and oxygen atoms in total. The molecular formula is C27H18F3N5O2. The van der Waals surface area contributed by atoms with Gasteiger partial charge in [-0.2, -0.15) is 13.2 Å². The van der Waals surface area contributed by atoms with Gasteiger partial charge in [-0.05, 0) is 48.5 Å². The minimum Gasteiger partial charge on any atom is -0.337 e. The second-order valence-electron chi connectivity index (χ2n) is 8.07. The molecule has 5 rings (SSSR count). The molecule has 3 aromatic carbocycles. The van der Waals surface area contributed by atoms with E-state index in [1.54, 1.807) is 60.8 Å². The van der Waals surface area contributed by atoms with E-state index >= 15 is 0 Å². The first-order valence-corrected chi connectivity index (χ1v) is 11.1. The Bertz CT molecular complexity index is 1600. The summed E-state index contributed by atoms with van der Waals surface area (Å²) in [6, 6.07) is 21.5. The molecule has 2 amide bonds. The third kappa shape index (κ3) is 5.18. The Labute approximate surface area is 208 Å². The summed E-state index contributed by atoms with van der Waals surface area (Å²) in [5.41, 5.74) is 1.28. The average Bonchev–Trinajstić information content (AvgIpc) is 3.32. The highest BCUT2D eigenvalue weighted by molar-refractivity contribution is 6.05. The molecule has 0 aliphatic heterocycles. The van der Waals surface area contributed by atoms with Crippen molar-refractivity contribution in [1.82, 2.24) is 15.0 Å². The van der Waals surface area contributed by atoms with Gasteiger partial charge in [-0.3, -0.25) is 9.59 Å². The predicted octanol–water partition coefficient (Wildman–Crippen LogP) is 6.15. The van der Waals surface area contributed by atoms with Gasteiger partial charge in [0, 0.05) is 22.9 Å². The summed E-state index contributed by atoms with van der Waals surface area (Å²) in [4.78, 5) is 36.8. The van der Waals surface area contributed by atoms with Gasteiger partial charge in [0.2, 0.25) is 0 Å². The topological polar surface area (TPSA) is 99.8 Å². The van der Waals surface area contributed by atoms with Gasteiger partial charge in [0.15, 0.2) is 0 Å². The standard InChI is InChI=1S/C27H18F3N5O2/c28-27(29,30)20-9-5-4-8-19(20)26(37)32-18-12-10-16(11-13-18)24-33-21-14-23(31-15-22(21)34-24)35-25(36)17-6-2-1-3-7-17/h1-15H,(H,32,37)(H,33,34)(H,31,35,36). The number of hydrogen-bond acceptors (Lipinski definition) is 4. The molecule has 0 spiro atoms. The van der Waals surface area contributed by atoms with Crippen molar-refractivity contribution in [3.05, 3.63) is 108 Å². The van der Waals surface area contributed by atoms with Crippen LogP contribution in [0.4, 0.5) is 24.7 Å². The summed E-state index contributed by atoms with van der Waals surface area (Å²) in [5, 5.41) is 5.23. The first-order chi connectivity index (χ1) is 17.8. The van der Waals surface area contributed by atoms with Crippen molar-refractivity contribution in [1.29, 1.82) is 0 Å². The van der Waals surface area contributed by atoms with E-state index in [1.165, 1.54) is 12.1 Å². The van der Waals surface area contributed by atoms with Crippen molar-refractivity contribution in [3.8, 4) is 11.4 Å². The molecule has 0 bridgehead atoms. The molecule has 0 atom stereocenters. The van der Waals surface area contributed by atoms with Crippen LogP contribution in [-0.2, 0) is 6.18 Å². The molecule has 0 fully saturated rings. The van der Waals surface area contributed by atoms with E-state index in [2.05, 4.69) is 25.6 Å². The zero-order chi connectivity index (χ0) is 26.0. The Kier molecular flexibility index (Phi) is 6.14. The number of halogens is 3. The number of nitrogens with zero attached hydrogens (tertiary/aromatic N) is 2. The van der Waals surface area contributed by atoms with Crippen LogP contribution in [0.25, 0.3) is 22.4 Å². The van der Waals surface area contributed by atoms with Crippen molar-refractivity contribution in [2.75, 3.05) is 10.6 Å². The first kappa shape index (κ1) is 23.7. The number of hydrogen-bond donors (Lipinski definition) is 3. The van der Waals surface area contributed by atoms with Crippen LogP contribution in [0.5, 0.6) is 0 Å². The van der Waals surface area contributed by atoms with E-state index in [-0.39, 0.29) is 5.91 Å². The van der Waals surface area contributed by atoms with Gasteiger partial charge in [0.05, 0.1) is 28.4 Å². The smallest absolute Gasteiger partial charge is 0.337 e. The molecule has 2 heterocycles. The molecule has 0 unspecified atom stereocenters. The lowest BCUT2D eigenvalue weighted by Gasteiger charge is -2.12. The molecule has 0 saturated heterocycles. The highest BCUT2D eigenvalue weighted by Gasteiger charge is 2.34. The van der Waals surface area contributed by atoms with E-state index < -0.39 is 23.2 Å². The number of alkyl halides is 3. The lowest BCUT2D eigenvalue weighted by molar-refractivity contribution is -0.137. The van der Waals surface area contributed by atoms with Gasteiger partial charge < -0.3 is 15.6 Å². The van der Waals surface area contributed by atoms with Crippen molar-refractivity contribution < 1.29 is 22.8 Å². The van der Waals surface area contributed by atoms with Gasteiger partial charge in [-0.1, -0.05) is 30.3 Å². The number of aromatic amines is 1. The molecule has 0 aliphatic rings. The molecule has 0 saturated carbocycles. The molecule has 5 aromatic rings. The number of aromatic nitrogens is 3. The van der Waals surface area contributed by atoms with Gasteiger partial charge in [0.1, 0.15) is 11.6 Å². The van der Waals surface area contributed by atoms with Crippen molar-refractivity contribution in [2.45, 2.75) is 6.18 Å². The summed E-state index contributed by atoms with van der Waals surface area (Å²) >= 11 is 0. The number of carbonyl (C=O) groups is 2. The fourth-order valence-corrected chi connectivity index (χ4v) is 3.73. The Morgan fingerprint density at radius 2 is 1.51 bits per heavy atom. The van der Waals surface area contributed by atoms with Gasteiger partial charge >= 0.3 is 6.18 Å². The van der Waals surface area contributed by atoms with Crippen molar-refractivity contribution in [3.63, 3.8) is 0 Å². The number of imidazole rings is 1. The van der Waals surface area contributed by atoms with Crippen LogP contribution in [0, 0.1) is 0 Å². The van der Waals surface area contributed by atoms with Crippen molar-refractivity contribution in [2.24, 2.45) is 0 Å². The fraction of sp³-hybridized carbons (Fsp3) is 0.0370. The molecule has 0 radical (unpaired) electrons. The average molecular weight is 501 g/mol. The highest BCUT2D eigenvalue weighted by Crippen LogP contribution is 2.32. The number of benzene rings is 3. The van der Waals surface area contributed by atoms with Crippen LogP contribution >= 0.6 is 0 Å². The molecule has 10 heteroatoms. The lowest BCUT2D eigenvalue weighted by atomic mass is 10.1. The monoisotopic (exact) mass is 501 g/mol. The van der Waals surface area contributed by atoms with Crippen LogP contribution in [0.15, 0.2) is 91.1 Å². The number of nitrogens with one attached hydrogen (secondary N) is 3. The Morgan fingerprint density at radius 1 is 0.811 bits per heavy atom. The number of fused-ring (bicyclic) bond motifs is 1. The molecule has 2 aromatic heterocycles. The minimum atomic E-state index is -4.64. The minimum absolute atomic E-state index is 0.293. The van der Waals surface area contributed by atoms with Crippen LogP contribution in [-0.4, -0.2) is 26.8 Å². The lowest BCUT2D eigenvalue weighted by Crippen LogP contribution is -2.18. The van der Waals surface area contributed by atoms with Crippen LogP contribution in [0.2, 0.25) is 0 Å². The van der Waals surface area contributed by atoms with Crippen LogP contribution < -0.4 is 10.6 Å². The van der Waals surface area contributed by atoms with Crippen molar-refractivity contribution >= 4 is 34.4 Å². The SMILES string of the molecule is O=C(Nc1cc2nc(-c3ccc(NC(=O)c4ccccc4C(F)(F)F)cc3)[nH]c2cn1)c1ccccc1. The molecule has 184 valence electrons. The highest BCUT2D eigenvalue weighted by atomic mass is 19.4. The summed E-state index contributed by atoms with van der Waals surface area (Å²) < 4.78 is 39.7. The van der Waals surface area contributed by atoms with Crippen LogP contribution in [0.1, 0.15) is 26.3 Å². The number of amides is 2. The maximum absolute atomic E-state index is 13.2. The largest absolute Gasteiger partial charge is 0.417 e. The van der Waals surface area contributed by atoms with E-state index in [0.717, 1.165) is 12.1 Å². The van der Waals surface area contributed by atoms with Crippen LogP contribution in [0.3, 0.4) is 0 Å². The second-order valence-corrected chi connectivity index (χ2v) is 8.07. The van der Waals surface area contributed by atoms with Gasteiger partial charge in [-0.25, -0.2) is 9.97 Å². The second kappa shape index (κ2) is 9.57. The van der Waals surface area contributed by atoms with E-state index in [1.807, 2.05) is 6.07 Å². The first-order valence-electron chi connectivity index (χ1n) is 11.1. The zero-order valence-corrected chi connectivity index (χ0v) is 19.0. The third-order valence-electron chi connectivity index (χ3n) is 5.54. The number of pyridine rings is 1. The Morgan fingerprint density at radius 3 is 2.24 bits per heavy atom. The number of carbonyl (C=O) groups excluding carboxylic acids is 2. The quantitative estimate of drug-likeness (QED) is 0.269. The number of anilines is 2. The molecule has 3 N–H and O–H groups in total. The summed E-state index contributed by atoms with van der Waals surface area (Å²) in [6.45, 7) is 0. The third-order valence-corrected chi connectivity index (χ3v) is 5.54. The van der Waals surface area contributed by atoms with Gasteiger partial charge in [-0.15, -0.1) is 0 Å². The summed E-state index contributed by atoms with van der Waals surface area (Å²) in [6.07, 6.45) is -3.09. The molecular weight excluding hydrogens is 483 g/mol. The fourth-order valence-electron chi connectivity index (χ4n) is 3.73. The normalized spacial score (nSPS) is 11.3. The zero-order valence-electron chi connectivity index (χ0n) is 19.0. The number of H-pyrrole nitrogens is 1. The van der Waals surface area contributed by atoms with E-state index in [9.17, 15) is 22.8 Å². The molecule has 0 aliphatic carbocycles. The van der Waals surface area contributed by atoms with Gasteiger partial charge in [0.25, 0.3) is 11.8 Å². The molecule has 37 heavy (non-hydrogen) atoms. The Hall–Kier alpha value is -4.99. The predicted molar refractivity (Wildman–Crippen MR) is 133 cm³/mol. The maximum atomic E-state index is 13.2. The Balaban J connectivity index is 1.31. The number of rotatable bonds is 5. The van der Waals surface area contributed by atoms with E-state index in [4.69, 9.17) is 0 Å². The summed E-state index contributed by atoms with van der Waals surface area (Å²) in [7, 11) is 0.